The van der Waals surface area contributed by atoms with Crippen molar-refractivity contribution in [1.82, 2.24) is 4.57 Å². The van der Waals surface area contributed by atoms with Crippen LogP contribution in [0.2, 0.25) is 0 Å². The van der Waals surface area contributed by atoms with E-state index in [1.54, 1.807) is 0 Å². The molecule has 2 heteroatoms. The molecule has 2 heterocycles. The molecule has 0 saturated heterocycles. The molecule has 1 aliphatic rings. The fraction of sp³-hybridized carbons (Fsp3) is 0.0625. The van der Waals surface area contributed by atoms with Crippen LogP contribution < -0.4 is 4.74 Å². The standard InChI is InChI=1S/C32H25NO/c1-22-16-18-30-28(20-22)29-21-25(17-19-31(29)33(30)26-12-4-3-5-13-26)27-14-8-6-10-24-11-7-9-15-32(24)34-23(27)2/h3-9,11-21H,2,10H2,1H3/b8-6-,27-14+. The van der Waals surface area contributed by atoms with Gasteiger partial charge in [0.05, 0.1) is 11.0 Å². The Morgan fingerprint density at radius 2 is 1.53 bits per heavy atom. The number of aromatic nitrogens is 1. The summed E-state index contributed by atoms with van der Waals surface area (Å²) in [7, 11) is 0. The van der Waals surface area contributed by atoms with Gasteiger partial charge in [0.1, 0.15) is 11.5 Å². The van der Waals surface area contributed by atoms with Crippen molar-refractivity contribution in [2.24, 2.45) is 0 Å². The summed E-state index contributed by atoms with van der Waals surface area (Å²) in [6, 6.07) is 32.0. The highest BCUT2D eigenvalue weighted by molar-refractivity contribution is 6.10. The van der Waals surface area contributed by atoms with E-state index in [9.17, 15) is 0 Å². The van der Waals surface area contributed by atoms with Gasteiger partial charge in [0.2, 0.25) is 0 Å². The Morgan fingerprint density at radius 3 is 2.38 bits per heavy atom. The van der Waals surface area contributed by atoms with Crippen molar-refractivity contribution in [2.45, 2.75) is 13.3 Å². The molecule has 6 rings (SSSR count). The van der Waals surface area contributed by atoms with Crippen LogP contribution in [0.4, 0.5) is 0 Å². The second kappa shape index (κ2) is 8.24. The largest absolute Gasteiger partial charge is 0.457 e. The number of aryl methyl sites for hydroxylation is 1. The lowest BCUT2D eigenvalue weighted by molar-refractivity contribution is 0.447. The van der Waals surface area contributed by atoms with E-state index >= 15 is 0 Å². The van der Waals surface area contributed by atoms with E-state index < -0.39 is 0 Å². The van der Waals surface area contributed by atoms with Crippen LogP contribution in [0.1, 0.15) is 16.7 Å². The molecule has 34 heavy (non-hydrogen) atoms. The minimum Gasteiger partial charge on any atom is -0.457 e. The summed E-state index contributed by atoms with van der Waals surface area (Å²) in [6.07, 6.45) is 7.21. The number of nitrogens with zero attached hydrogens (tertiary/aromatic N) is 1. The second-order valence-electron chi connectivity index (χ2n) is 8.77. The van der Waals surface area contributed by atoms with Gasteiger partial charge in [0.25, 0.3) is 0 Å². The highest BCUT2D eigenvalue weighted by Crippen LogP contribution is 2.36. The number of fused-ring (bicyclic) bond motifs is 4. The van der Waals surface area contributed by atoms with Crippen LogP contribution in [0.15, 0.2) is 122 Å². The lowest BCUT2D eigenvalue weighted by Crippen LogP contribution is -1.99. The van der Waals surface area contributed by atoms with Gasteiger partial charge in [-0.1, -0.05) is 78.9 Å². The Labute approximate surface area is 199 Å². The molecule has 0 atom stereocenters. The van der Waals surface area contributed by atoms with Crippen LogP contribution in [0.5, 0.6) is 5.75 Å². The van der Waals surface area contributed by atoms with Crippen molar-refractivity contribution >= 4 is 27.4 Å². The lowest BCUT2D eigenvalue weighted by atomic mass is 10.0. The van der Waals surface area contributed by atoms with Crippen molar-refractivity contribution in [2.75, 3.05) is 0 Å². The first-order valence-electron chi connectivity index (χ1n) is 11.6. The van der Waals surface area contributed by atoms with Crippen LogP contribution in [0.25, 0.3) is 33.1 Å². The topological polar surface area (TPSA) is 14.2 Å². The molecular formula is C32H25NO. The summed E-state index contributed by atoms with van der Waals surface area (Å²) in [5.74, 6) is 1.52. The minimum absolute atomic E-state index is 0.654. The lowest BCUT2D eigenvalue weighted by Gasteiger charge is -2.14. The molecule has 4 aromatic carbocycles. The molecule has 0 amide bonds. The smallest absolute Gasteiger partial charge is 0.130 e. The van der Waals surface area contributed by atoms with E-state index in [2.05, 4.69) is 109 Å². The zero-order valence-corrected chi connectivity index (χ0v) is 19.2. The Hall–Kier alpha value is -4.30. The van der Waals surface area contributed by atoms with Gasteiger partial charge in [-0.05, 0) is 66.9 Å². The monoisotopic (exact) mass is 439 g/mol. The third-order valence-corrected chi connectivity index (χ3v) is 6.49. The van der Waals surface area contributed by atoms with Crippen LogP contribution in [-0.4, -0.2) is 4.57 Å². The van der Waals surface area contributed by atoms with Gasteiger partial charge in [0.15, 0.2) is 0 Å². The van der Waals surface area contributed by atoms with Crippen LogP contribution in [0, 0.1) is 6.92 Å². The number of allylic oxidation sites excluding steroid dienone is 4. The highest BCUT2D eigenvalue weighted by Gasteiger charge is 2.16. The van der Waals surface area contributed by atoms with E-state index in [1.165, 1.54) is 27.4 Å². The zero-order chi connectivity index (χ0) is 23.1. The first-order chi connectivity index (χ1) is 16.7. The molecule has 164 valence electrons. The first-order valence-corrected chi connectivity index (χ1v) is 11.6. The molecule has 0 unspecified atom stereocenters. The fourth-order valence-corrected chi connectivity index (χ4v) is 4.83. The van der Waals surface area contributed by atoms with Crippen molar-refractivity contribution in [3.8, 4) is 11.4 Å². The maximum atomic E-state index is 6.27. The van der Waals surface area contributed by atoms with Crippen molar-refractivity contribution in [1.29, 1.82) is 0 Å². The maximum Gasteiger partial charge on any atom is 0.130 e. The maximum absolute atomic E-state index is 6.27. The molecule has 5 aromatic rings. The molecular weight excluding hydrogens is 414 g/mol. The van der Waals surface area contributed by atoms with E-state index in [-0.39, 0.29) is 0 Å². The number of rotatable bonds is 2. The SMILES string of the molecule is C=C1Oc2ccccc2C/C=C\C=C/1c1ccc2c(c1)c1cc(C)ccc1n2-c1ccccc1. The summed E-state index contributed by atoms with van der Waals surface area (Å²) in [5, 5.41) is 2.47. The number of benzene rings is 4. The van der Waals surface area contributed by atoms with Gasteiger partial charge in [-0.25, -0.2) is 0 Å². The molecule has 0 spiro atoms. The molecule has 0 N–H and O–H groups in total. The van der Waals surface area contributed by atoms with Gasteiger partial charge in [-0.2, -0.15) is 0 Å². The summed E-state index contributed by atoms with van der Waals surface area (Å²) >= 11 is 0. The molecule has 0 bridgehead atoms. The van der Waals surface area contributed by atoms with Crippen LogP contribution in [0.3, 0.4) is 0 Å². The normalized spacial score (nSPS) is 16.1. The molecule has 1 aromatic heterocycles. The second-order valence-corrected chi connectivity index (χ2v) is 8.77. The van der Waals surface area contributed by atoms with E-state index in [0.29, 0.717) is 5.76 Å². The number of hydrogen-bond donors (Lipinski definition) is 0. The summed E-state index contributed by atoms with van der Waals surface area (Å²) in [5.41, 5.74) is 8.04. The van der Waals surface area contributed by atoms with Crippen molar-refractivity contribution < 1.29 is 4.74 Å². The zero-order valence-electron chi connectivity index (χ0n) is 19.2. The van der Waals surface area contributed by atoms with E-state index in [4.69, 9.17) is 4.74 Å². The van der Waals surface area contributed by atoms with Crippen molar-refractivity contribution in [3.63, 3.8) is 0 Å². The third kappa shape index (κ3) is 3.45. The predicted molar refractivity (Wildman–Crippen MR) is 143 cm³/mol. The number of hydrogen-bond acceptors (Lipinski definition) is 1. The van der Waals surface area contributed by atoms with Crippen LogP contribution in [-0.2, 0) is 6.42 Å². The summed E-state index contributed by atoms with van der Waals surface area (Å²) in [4.78, 5) is 0. The first kappa shape index (κ1) is 20.3. The molecule has 0 saturated carbocycles. The molecule has 0 fully saturated rings. The van der Waals surface area contributed by atoms with Gasteiger partial charge in [0, 0.05) is 22.0 Å². The predicted octanol–water partition coefficient (Wildman–Crippen LogP) is 8.18. The quantitative estimate of drug-likeness (QED) is 0.270. The van der Waals surface area contributed by atoms with Gasteiger partial charge in [-0.3, -0.25) is 0 Å². The Morgan fingerprint density at radius 1 is 0.794 bits per heavy atom. The molecule has 2 nitrogen and oxygen atoms in total. The summed E-state index contributed by atoms with van der Waals surface area (Å²) in [6.45, 7) is 6.44. The molecule has 0 radical (unpaired) electrons. The van der Waals surface area contributed by atoms with Crippen molar-refractivity contribution in [3.05, 3.63) is 138 Å². The molecule has 0 aliphatic carbocycles. The number of ether oxygens (including phenoxy) is 1. The van der Waals surface area contributed by atoms with Gasteiger partial charge in [-0.15, -0.1) is 0 Å². The number of para-hydroxylation sites is 2. The third-order valence-electron chi connectivity index (χ3n) is 6.49. The van der Waals surface area contributed by atoms with E-state index in [1.807, 2.05) is 18.2 Å². The highest BCUT2D eigenvalue weighted by atomic mass is 16.5. The Kier molecular flexibility index (Phi) is 4.92. The minimum atomic E-state index is 0.654. The van der Waals surface area contributed by atoms with E-state index in [0.717, 1.165) is 34.6 Å². The average Bonchev–Trinajstić information content (AvgIpc) is 3.21. The van der Waals surface area contributed by atoms with Gasteiger partial charge < -0.3 is 9.30 Å². The Balaban J connectivity index is 1.54. The summed E-state index contributed by atoms with van der Waals surface area (Å²) < 4.78 is 8.61. The average molecular weight is 440 g/mol. The van der Waals surface area contributed by atoms with Gasteiger partial charge >= 0.3 is 0 Å². The fourth-order valence-electron chi connectivity index (χ4n) is 4.83. The van der Waals surface area contributed by atoms with Crippen LogP contribution >= 0.6 is 0 Å². The Bertz CT molecular complexity index is 1620. The molecule has 1 aliphatic heterocycles.